The van der Waals surface area contributed by atoms with Crippen LogP contribution in [0.15, 0.2) is 48.7 Å². The van der Waals surface area contributed by atoms with Crippen LogP contribution < -0.4 is 5.32 Å². The molecule has 0 fully saturated rings. The zero-order valence-electron chi connectivity index (χ0n) is 17.8. The average Bonchev–Trinajstić information content (AvgIpc) is 3.09. The fourth-order valence-corrected chi connectivity index (χ4v) is 3.00. The summed E-state index contributed by atoms with van der Waals surface area (Å²) in [5, 5.41) is 2.88. The maximum absolute atomic E-state index is 13.1. The van der Waals surface area contributed by atoms with Gasteiger partial charge in [0.2, 0.25) is 5.91 Å². The lowest BCUT2D eigenvalue weighted by atomic mass is 10.2. The molecule has 0 aliphatic carbocycles. The highest BCUT2D eigenvalue weighted by molar-refractivity contribution is 5.92. The predicted molar refractivity (Wildman–Crippen MR) is 115 cm³/mol. The van der Waals surface area contributed by atoms with E-state index >= 15 is 0 Å². The van der Waals surface area contributed by atoms with E-state index in [-0.39, 0.29) is 24.4 Å². The van der Waals surface area contributed by atoms with Gasteiger partial charge in [-0.2, -0.15) is 0 Å². The first kappa shape index (κ1) is 22.5. The molecule has 2 rings (SSSR count). The highest BCUT2D eigenvalue weighted by Crippen LogP contribution is 2.10. The largest absolute Gasteiger partial charge is 0.383 e. The molecule has 0 saturated heterocycles. The van der Waals surface area contributed by atoms with Gasteiger partial charge in [0.25, 0.3) is 0 Å². The van der Waals surface area contributed by atoms with E-state index in [2.05, 4.69) is 5.32 Å². The molecule has 3 amide bonds. The van der Waals surface area contributed by atoms with Crippen molar-refractivity contribution in [1.29, 1.82) is 0 Å². The van der Waals surface area contributed by atoms with Gasteiger partial charge in [0, 0.05) is 44.8 Å². The van der Waals surface area contributed by atoms with Crippen LogP contribution in [0.1, 0.15) is 19.5 Å². The van der Waals surface area contributed by atoms with Crippen molar-refractivity contribution in [2.75, 3.05) is 38.7 Å². The summed E-state index contributed by atoms with van der Waals surface area (Å²) in [5.74, 6) is 0.136. The van der Waals surface area contributed by atoms with E-state index in [1.807, 2.05) is 74.1 Å². The highest BCUT2D eigenvalue weighted by Gasteiger charge is 2.23. The smallest absolute Gasteiger partial charge is 0.322 e. The van der Waals surface area contributed by atoms with Gasteiger partial charge in [-0.05, 0) is 30.2 Å². The van der Waals surface area contributed by atoms with Crippen LogP contribution in [0.3, 0.4) is 0 Å². The summed E-state index contributed by atoms with van der Waals surface area (Å²) >= 11 is 0. The number of carbonyl (C=O) groups is 2. The summed E-state index contributed by atoms with van der Waals surface area (Å²) in [6.07, 6.45) is 1.95. The van der Waals surface area contributed by atoms with Crippen LogP contribution in [-0.4, -0.2) is 59.7 Å². The van der Waals surface area contributed by atoms with Crippen LogP contribution in [0, 0.1) is 5.92 Å². The Labute approximate surface area is 173 Å². The fourth-order valence-electron chi connectivity index (χ4n) is 3.00. The first-order valence-electron chi connectivity index (χ1n) is 9.88. The Bertz CT molecular complexity index is 773. The van der Waals surface area contributed by atoms with Crippen molar-refractivity contribution in [3.8, 4) is 0 Å². The molecule has 1 aromatic carbocycles. The molecule has 0 spiro atoms. The number of benzene rings is 1. The van der Waals surface area contributed by atoms with Crippen LogP contribution in [0.2, 0.25) is 0 Å². The number of carbonyl (C=O) groups excluding carboxylic acids is 2. The molecule has 0 unspecified atom stereocenters. The maximum Gasteiger partial charge on any atom is 0.322 e. The van der Waals surface area contributed by atoms with E-state index in [9.17, 15) is 9.59 Å². The Balaban J connectivity index is 2.09. The molecule has 7 nitrogen and oxygen atoms in total. The number of ether oxygens (including phenoxy) is 1. The maximum atomic E-state index is 13.1. The van der Waals surface area contributed by atoms with E-state index in [0.29, 0.717) is 31.9 Å². The summed E-state index contributed by atoms with van der Waals surface area (Å²) in [4.78, 5) is 29.2. The minimum atomic E-state index is -0.274. The lowest BCUT2D eigenvalue weighted by molar-refractivity contribution is -0.133. The third kappa shape index (κ3) is 7.27. The van der Waals surface area contributed by atoms with Gasteiger partial charge in [-0.25, -0.2) is 4.79 Å². The van der Waals surface area contributed by atoms with E-state index in [0.717, 1.165) is 5.69 Å². The topological polar surface area (TPSA) is 66.8 Å². The summed E-state index contributed by atoms with van der Waals surface area (Å²) in [6.45, 7) is 5.95. The fraction of sp³-hybridized carbons (Fsp3) is 0.455. The van der Waals surface area contributed by atoms with Gasteiger partial charge in [0.05, 0.1) is 13.2 Å². The number of para-hydroxylation sites is 1. The molecular weight excluding hydrogens is 368 g/mol. The van der Waals surface area contributed by atoms with Gasteiger partial charge in [-0.3, -0.25) is 4.79 Å². The first-order chi connectivity index (χ1) is 13.9. The van der Waals surface area contributed by atoms with Gasteiger partial charge in [-0.1, -0.05) is 32.0 Å². The first-order valence-corrected chi connectivity index (χ1v) is 9.88. The zero-order valence-corrected chi connectivity index (χ0v) is 17.8. The number of nitrogens with zero attached hydrogens (tertiary/aromatic N) is 3. The van der Waals surface area contributed by atoms with Gasteiger partial charge in [-0.15, -0.1) is 0 Å². The Morgan fingerprint density at radius 2 is 1.83 bits per heavy atom. The van der Waals surface area contributed by atoms with Crippen molar-refractivity contribution in [2.24, 2.45) is 13.0 Å². The highest BCUT2D eigenvalue weighted by atomic mass is 16.5. The molecule has 0 saturated carbocycles. The second-order valence-electron chi connectivity index (χ2n) is 7.49. The van der Waals surface area contributed by atoms with Crippen molar-refractivity contribution in [2.45, 2.75) is 20.4 Å². The Morgan fingerprint density at radius 1 is 1.10 bits per heavy atom. The minimum absolute atomic E-state index is 0.0188. The van der Waals surface area contributed by atoms with Crippen LogP contribution >= 0.6 is 0 Å². The molecule has 2 aromatic rings. The number of methoxy groups -OCH3 is 1. The molecule has 0 atom stereocenters. The lowest BCUT2D eigenvalue weighted by Crippen LogP contribution is -2.46. The SMILES string of the molecule is COCCN(Cc1cccn1C)C(=O)CN(CC(C)C)C(=O)Nc1ccccc1. The number of aromatic nitrogens is 1. The Morgan fingerprint density at radius 3 is 2.41 bits per heavy atom. The number of rotatable bonds is 10. The van der Waals surface area contributed by atoms with Crippen molar-refractivity contribution >= 4 is 17.6 Å². The van der Waals surface area contributed by atoms with Crippen LogP contribution in [0.5, 0.6) is 0 Å². The molecule has 1 heterocycles. The summed E-state index contributed by atoms with van der Waals surface area (Å²) in [5.41, 5.74) is 1.73. The number of urea groups is 1. The van der Waals surface area contributed by atoms with Gasteiger partial charge >= 0.3 is 6.03 Å². The van der Waals surface area contributed by atoms with Crippen molar-refractivity contribution in [3.05, 3.63) is 54.4 Å². The molecule has 1 N–H and O–H groups in total. The van der Waals surface area contributed by atoms with Gasteiger partial charge in [0.1, 0.15) is 6.54 Å². The van der Waals surface area contributed by atoms with Crippen molar-refractivity contribution in [1.82, 2.24) is 14.4 Å². The molecule has 158 valence electrons. The third-order valence-corrected chi connectivity index (χ3v) is 4.55. The van der Waals surface area contributed by atoms with Crippen molar-refractivity contribution in [3.63, 3.8) is 0 Å². The summed E-state index contributed by atoms with van der Waals surface area (Å²) < 4.78 is 7.16. The Kier molecular flexibility index (Phi) is 8.73. The van der Waals surface area contributed by atoms with Crippen LogP contribution in [0.25, 0.3) is 0 Å². The number of amides is 3. The van der Waals surface area contributed by atoms with Gasteiger partial charge < -0.3 is 24.4 Å². The third-order valence-electron chi connectivity index (χ3n) is 4.55. The van der Waals surface area contributed by atoms with E-state index in [1.54, 1.807) is 16.9 Å². The molecule has 0 aliphatic heterocycles. The molecule has 7 heteroatoms. The standard InChI is InChI=1S/C22H32N4O3/c1-18(2)15-26(22(28)23-19-9-6-5-7-10-19)17-21(27)25(13-14-29-4)16-20-11-8-12-24(20)3/h5-12,18H,13-17H2,1-4H3,(H,23,28). The van der Waals surface area contributed by atoms with Crippen molar-refractivity contribution < 1.29 is 14.3 Å². The van der Waals surface area contributed by atoms with E-state index in [4.69, 9.17) is 4.74 Å². The normalized spacial score (nSPS) is 10.8. The van der Waals surface area contributed by atoms with E-state index < -0.39 is 0 Å². The molecule has 0 aliphatic rings. The lowest BCUT2D eigenvalue weighted by Gasteiger charge is -2.29. The van der Waals surface area contributed by atoms with E-state index in [1.165, 1.54) is 0 Å². The number of hydrogen-bond donors (Lipinski definition) is 1. The van der Waals surface area contributed by atoms with Crippen LogP contribution in [-0.2, 0) is 23.1 Å². The number of nitrogens with one attached hydrogen (secondary N) is 1. The summed E-state index contributed by atoms with van der Waals surface area (Å²) in [6, 6.07) is 12.9. The monoisotopic (exact) mass is 400 g/mol. The van der Waals surface area contributed by atoms with Gasteiger partial charge in [0.15, 0.2) is 0 Å². The average molecular weight is 401 g/mol. The minimum Gasteiger partial charge on any atom is -0.383 e. The number of anilines is 1. The number of aryl methyl sites for hydroxylation is 1. The molecule has 29 heavy (non-hydrogen) atoms. The zero-order chi connectivity index (χ0) is 21.2. The Hall–Kier alpha value is -2.80. The van der Waals surface area contributed by atoms with Crippen LogP contribution in [0.4, 0.5) is 10.5 Å². The molecule has 1 aromatic heterocycles. The molecule has 0 radical (unpaired) electrons. The second-order valence-corrected chi connectivity index (χ2v) is 7.49. The predicted octanol–water partition coefficient (Wildman–Crippen LogP) is 3.19. The molecule has 0 bridgehead atoms. The second kappa shape index (κ2) is 11.3. The number of hydrogen-bond acceptors (Lipinski definition) is 3. The summed E-state index contributed by atoms with van der Waals surface area (Å²) in [7, 11) is 3.57. The quantitative estimate of drug-likeness (QED) is 0.666. The molecular formula is C22H32N4O3.